The van der Waals surface area contributed by atoms with Gasteiger partial charge in [0.1, 0.15) is 0 Å². The molecule has 2 saturated heterocycles. The summed E-state index contributed by atoms with van der Waals surface area (Å²) < 4.78 is 31.6. The minimum absolute atomic E-state index is 0.0219. The van der Waals surface area contributed by atoms with Crippen molar-refractivity contribution in [2.24, 2.45) is 0 Å². The van der Waals surface area contributed by atoms with Crippen LogP contribution in [0.25, 0.3) is 0 Å². The van der Waals surface area contributed by atoms with Gasteiger partial charge in [-0.15, -0.1) is 0 Å². The lowest BCUT2D eigenvalue weighted by Crippen LogP contribution is -2.64. The van der Waals surface area contributed by atoms with Crippen LogP contribution in [0.3, 0.4) is 0 Å². The van der Waals surface area contributed by atoms with Crippen LogP contribution in [0.15, 0.2) is 24.3 Å². The Kier molecular flexibility index (Phi) is 5.69. The Morgan fingerprint density at radius 3 is 2.19 bits per heavy atom. The van der Waals surface area contributed by atoms with Gasteiger partial charge in [-0.1, -0.05) is 26.0 Å². The summed E-state index contributed by atoms with van der Waals surface area (Å²) in [6.45, 7) is 6.33. The van der Waals surface area contributed by atoms with Gasteiger partial charge in [-0.2, -0.15) is 4.31 Å². The number of likely N-dealkylation sites (tertiary alicyclic amines) is 1. The number of hydrogen-bond donors (Lipinski definition) is 0. The average molecular weight is 381 g/mol. The van der Waals surface area contributed by atoms with Gasteiger partial charge < -0.3 is 9.64 Å². The van der Waals surface area contributed by atoms with Gasteiger partial charge in [0.05, 0.1) is 12.3 Å². The van der Waals surface area contributed by atoms with Gasteiger partial charge in [0.15, 0.2) is 0 Å². The van der Waals surface area contributed by atoms with E-state index in [9.17, 15) is 13.2 Å². The molecule has 0 saturated carbocycles. The van der Waals surface area contributed by atoms with Gasteiger partial charge in [0, 0.05) is 37.9 Å². The van der Waals surface area contributed by atoms with Crippen molar-refractivity contribution in [2.45, 2.75) is 44.7 Å². The summed E-state index contributed by atoms with van der Waals surface area (Å²) in [6.07, 6.45) is 2.69. The molecule has 0 aromatic heterocycles. The lowest BCUT2D eigenvalue weighted by Gasteiger charge is -2.47. The number of carbonyl (C=O) groups is 1. The Morgan fingerprint density at radius 2 is 1.69 bits per heavy atom. The number of nitrogens with zero attached hydrogens (tertiary/aromatic N) is 2. The third-order valence-corrected chi connectivity index (χ3v) is 6.63. The van der Waals surface area contributed by atoms with Crippen LogP contribution >= 0.6 is 0 Å². The highest BCUT2D eigenvalue weighted by molar-refractivity contribution is 7.88. The topological polar surface area (TPSA) is 66.9 Å². The standard InChI is InChI=1S/C19H28N2O4S/c1-14(2)15-4-6-16(7-5-15)19(22)20-12-18(13-20)21(26(3,23)24)17-8-10-25-11-9-17/h4-7,14,17-18H,8-13H2,1-3H3. The largest absolute Gasteiger partial charge is 0.381 e. The van der Waals surface area contributed by atoms with Crippen LogP contribution in [-0.4, -0.2) is 68.2 Å². The quantitative estimate of drug-likeness (QED) is 0.784. The molecule has 6 nitrogen and oxygen atoms in total. The van der Waals surface area contributed by atoms with E-state index < -0.39 is 10.0 Å². The van der Waals surface area contributed by atoms with Crippen LogP contribution in [0.2, 0.25) is 0 Å². The number of sulfonamides is 1. The number of carbonyl (C=O) groups excluding carboxylic acids is 1. The van der Waals surface area contributed by atoms with E-state index in [0.717, 1.165) is 0 Å². The molecule has 0 bridgehead atoms. The summed E-state index contributed by atoms with van der Waals surface area (Å²) in [4.78, 5) is 14.4. The smallest absolute Gasteiger partial charge is 0.253 e. The van der Waals surface area contributed by atoms with Crippen molar-refractivity contribution in [1.82, 2.24) is 9.21 Å². The van der Waals surface area contributed by atoms with Gasteiger partial charge >= 0.3 is 0 Å². The van der Waals surface area contributed by atoms with Crippen LogP contribution in [0.5, 0.6) is 0 Å². The lowest BCUT2D eigenvalue weighted by molar-refractivity contribution is 0.0125. The molecular formula is C19H28N2O4S. The van der Waals surface area contributed by atoms with Crippen LogP contribution in [0.4, 0.5) is 0 Å². The van der Waals surface area contributed by atoms with Crippen molar-refractivity contribution in [3.8, 4) is 0 Å². The molecule has 1 amide bonds. The zero-order chi connectivity index (χ0) is 18.9. The minimum atomic E-state index is -3.31. The van der Waals surface area contributed by atoms with E-state index in [2.05, 4.69) is 13.8 Å². The Labute approximate surface area is 156 Å². The van der Waals surface area contributed by atoms with Crippen LogP contribution in [-0.2, 0) is 14.8 Å². The minimum Gasteiger partial charge on any atom is -0.381 e. The van der Waals surface area contributed by atoms with Crippen molar-refractivity contribution < 1.29 is 17.9 Å². The summed E-state index contributed by atoms with van der Waals surface area (Å²) in [5.74, 6) is 0.396. The monoisotopic (exact) mass is 380 g/mol. The molecule has 1 aromatic carbocycles. The van der Waals surface area contributed by atoms with Crippen molar-refractivity contribution in [3.63, 3.8) is 0 Å². The fourth-order valence-corrected chi connectivity index (χ4v) is 5.18. The van der Waals surface area contributed by atoms with Gasteiger partial charge in [0.25, 0.3) is 5.91 Å². The maximum atomic E-state index is 12.6. The van der Waals surface area contributed by atoms with E-state index in [1.54, 1.807) is 9.21 Å². The first kappa shape index (κ1) is 19.3. The molecular weight excluding hydrogens is 352 g/mol. The number of ether oxygens (including phenoxy) is 1. The van der Waals surface area contributed by atoms with Gasteiger partial charge in [-0.3, -0.25) is 4.79 Å². The predicted molar refractivity (Wildman–Crippen MR) is 101 cm³/mol. The van der Waals surface area contributed by atoms with Crippen LogP contribution in [0, 0.1) is 0 Å². The molecule has 3 rings (SSSR count). The molecule has 0 N–H and O–H groups in total. The SMILES string of the molecule is CC(C)c1ccc(C(=O)N2CC(N(C3CCOCC3)S(C)(=O)=O)C2)cc1. The molecule has 0 radical (unpaired) electrons. The van der Waals surface area contributed by atoms with E-state index >= 15 is 0 Å². The molecule has 26 heavy (non-hydrogen) atoms. The Morgan fingerprint density at radius 1 is 1.12 bits per heavy atom. The zero-order valence-corrected chi connectivity index (χ0v) is 16.5. The first-order chi connectivity index (χ1) is 12.3. The maximum absolute atomic E-state index is 12.6. The summed E-state index contributed by atoms with van der Waals surface area (Å²) >= 11 is 0. The van der Waals surface area contributed by atoms with Crippen molar-refractivity contribution in [3.05, 3.63) is 35.4 Å². The Balaban J connectivity index is 1.65. The van der Waals surface area contributed by atoms with Crippen LogP contribution in [0.1, 0.15) is 48.5 Å². The first-order valence-electron chi connectivity index (χ1n) is 9.23. The van der Waals surface area contributed by atoms with E-state index in [4.69, 9.17) is 4.74 Å². The van der Waals surface area contributed by atoms with E-state index in [1.807, 2.05) is 24.3 Å². The van der Waals surface area contributed by atoms with Crippen molar-refractivity contribution in [2.75, 3.05) is 32.6 Å². The highest BCUT2D eigenvalue weighted by Crippen LogP contribution is 2.27. The number of amides is 1. The van der Waals surface area contributed by atoms with E-state index in [1.165, 1.54) is 11.8 Å². The molecule has 2 aliphatic rings. The fraction of sp³-hybridized carbons (Fsp3) is 0.632. The molecule has 7 heteroatoms. The zero-order valence-electron chi connectivity index (χ0n) is 15.7. The predicted octanol–water partition coefficient (Wildman–Crippen LogP) is 2.08. The second-order valence-corrected chi connectivity index (χ2v) is 9.46. The summed E-state index contributed by atoms with van der Waals surface area (Å²) in [5, 5.41) is 0. The Bertz CT molecular complexity index is 733. The molecule has 144 valence electrons. The van der Waals surface area contributed by atoms with E-state index in [0.29, 0.717) is 50.6 Å². The summed E-state index contributed by atoms with van der Waals surface area (Å²) in [5.41, 5.74) is 1.86. The van der Waals surface area contributed by atoms with Gasteiger partial charge in [-0.25, -0.2) is 8.42 Å². The second-order valence-electron chi connectivity index (χ2n) is 7.58. The molecule has 0 unspecified atom stereocenters. The van der Waals surface area contributed by atoms with Crippen molar-refractivity contribution in [1.29, 1.82) is 0 Å². The molecule has 2 aliphatic heterocycles. The number of rotatable bonds is 5. The second kappa shape index (κ2) is 7.66. The molecule has 0 atom stereocenters. The maximum Gasteiger partial charge on any atom is 0.253 e. The lowest BCUT2D eigenvalue weighted by atomic mass is 9.99. The number of hydrogen-bond acceptors (Lipinski definition) is 4. The molecule has 1 aromatic rings. The molecule has 2 fully saturated rings. The number of benzene rings is 1. The van der Waals surface area contributed by atoms with Crippen molar-refractivity contribution >= 4 is 15.9 Å². The van der Waals surface area contributed by atoms with Crippen LogP contribution < -0.4 is 0 Å². The normalized spacial score (nSPS) is 19.8. The fourth-order valence-electron chi connectivity index (χ4n) is 3.75. The summed E-state index contributed by atoms with van der Waals surface area (Å²) in [6, 6.07) is 7.54. The highest BCUT2D eigenvalue weighted by atomic mass is 32.2. The molecule has 2 heterocycles. The summed E-state index contributed by atoms with van der Waals surface area (Å²) in [7, 11) is -3.31. The van der Waals surface area contributed by atoms with Gasteiger partial charge in [-0.05, 0) is 36.5 Å². The molecule has 0 aliphatic carbocycles. The third kappa shape index (κ3) is 4.10. The third-order valence-electron chi connectivity index (χ3n) is 5.27. The Hall–Kier alpha value is -1.44. The average Bonchev–Trinajstić information content (AvgIpc) is 2.57. The molecule has 0 spiro atoms. The first-order valence-corrected chi connectivity index (χ1v) is 11.1. The van der Waals surface area contributed by atoms with E-state index in [-0.39, 0.29) is 18.0 Å². The van der Waals surface area contributed by atoms with Gasteiger partial charge in [0.2, 0.25) is 10.0 Å². The highest BCUT2D eigenvalue weighted by Gasteiger charge is 2.42.